The first-order valence-corrected chi connectivity index (χ1v) is 8.36. The van der Waals surface area contributed by atoms with Gasteiger partial charge in [-0.3, -0.25) is 4.79 Å². The zero-order valence-electron chi connectivity index (χ0n) is 14.3. The highest BCUT2D eigenvalue weighted by atomic mass is 16.4. The Morgan fingerprint density at radius 1 is 1.38 bits per heavy atom. The normalized spacial score (nSPS) is 22.8. The van der Waals surface area contributed by atoms with E-state index >= 15 is 0 Å². The molecule has 0 amide bonds. The van der Waals surface area contributed by atoms with E-state index in [2.05, 4.69) is 23.9 Å². The number of likely N-dealkylation sites (tertiary alicyclic amines) is 1. The minimum absolute atomic E-state index is 0.0961. The molecule has 128 valence electrons. The van der Waals surface area contributed by atoms with Gasteiger partial charge in [-0.1, -0.05) is 12.1 Å². The van der Waals surface area contributed by atoms with Gasteiger partial charge in [0, 0.05) is 18.1 Å². The third kappa shape index (κ3) is 2.82. The molecule has 0 aliphatic carbocycles. The Morgan fingerprint density at radius 3 is 2.71 bits per heavy atom. The molecule has 2 unspecified atom stereocenters. The molecule has 1 aromatic heterocycles. The zero-order chi connectivity index (χ0) is 17.4. The van der Waals surface area contributed by atoms with Crippen molar-refractivity contribution in [2.24, 2.45) is 0 Å². The SMILES string of the molecule is CC(CC1CC[C@H](C)N1C)n1c(=O)c(C(=O)O)nc2ccccc21. The summed E-state index contributed by atoms with van der Waals surface area (Å²) in [7, 11) is 2.12. The quantitative estimate of drug-likeness (QED) is 0.933. The molecule has 6 nitrogen and oxygen atoms in total. The zero-order valence-corrected chi connectivity index (χ0v) is 14.3. The van der Waals surface area contributed by atoms with Crippen LogP contribution >= 0.6 is 0 Å². The minimum Gasteiger partial charge on any atom is -0.476 e. The van der Waals surface area contributed by atoms with Crippen molar-refractivity contribution in [1.29, 1.82) is 0 Å². The van der Waals surface area contributed by atoms with Gasteiger partial charge in [0.15, 0.2) is 0 Å². The Balaban J connectivity index is 2.05. The molecule has 2 heterocycles. The van der Waals surface area contributed by atoms with E-state index in [-0.39, 0.29) is 6.04 Å². The predicted molar refractivity (Wildman–Crippen MR) is 92.5 cm³/mol. The number of rotatable bonds is 4. The fourth-order valence-electron chi connectivity index (χ4n) is 3.72. The lowest BCUT2D eigenvalue weighted by molar-refractivity contribution is 0.0688. The molecule has 0 saturated carbocycles. The van der Waals surface area contributed by atoms with Crippen LogP contribution in [-0.4, -0.2) is 44.7 Å². The van der Waals surface area contributed by atoms with Crippen LogP contribution in [0.1, 0.15) is 49.6 Å². The molecule has 1 N–H and O–H groups in total. The summed E-state index contributed by atoms with van der Waals surface area (Å²) < 4.78 is 1.60. The molecule has 1 aliphatic rings. The average Bonchev–Trinajstić information content (AvgIpc) is 2.86. The van der Waals surface area contributed by atoms with E-state index in [1.165, 1.54) is 0 Å². The van der Waals surface area contributed by atoms with Crippen LogP contribution < -0.4 is 5.56 Å². The summed E-state index contributed by atoms with van der Waals surface area (Å²) in [5.41, 5.74) is 0.291. The maximum absolute atomic E-state index is 12.7. The van der Waals surface area contributed by atoms with E-state index < -0.39 is 17.2 Å². The molecule has 1 saturated heterocycles. The Kier molecular flexibility index (Phi) is 4.41. The van der Waals surface area contributed by atoms with Gasteiger partial charge in [-0.05, 0) is 52.3 Å². The van der Waals surface area contributed by atoms with Gasteiger partial charge in [0.05, 0.1) is 11.0 Å². The van der Waals surface area contributed by atoms with E-state index in [0.717, 1.165) is 19.3 Å². The first-order chi connectivity index (χ1) is 11.4. The average molecular weight is 329 g/mol. The van der Waals surface area contributed by atoms with Gasteiger partial charge in [-0.15, -0.1) is 0 Å². The second-order valence-corrected chi connectivity index (χ2v) is 6.76. The molecule has 0 spiro atoms. The van der Waals surface area contributed by atoms with Gasteiger partial charge >= 0.3 is 5.97 Å². The van der Waals surface area contributed by atoms with Gasteiger partial charge in [0.25, 0.3) is 5.56 Å². The molecular weight excluding hydrogens is 306 g/mol. The molecule has 6 heteroatoms. The number of carbonyl (C=O) groups is 1. The molecule has 24 heavy (non-hydrogen) atoms. The lowest BCUT2D eigenvalue weighted by atomic mass is 10.1. The first kappa shape index (κ1) is 16.6. The number of nitrogens with zero attached hydrogens (tertiary/aromatic N) is 3. The second-order valence-electron chi connectivity index (χ2n) is 6.76. The number of hydrogen-bond acceptors (Lipinski definition) is 4. The highest BCUT2D eigenvalue weighted by molar-refractivity contribution is 5.88. The number of aromatic nitrogens is 2. The molecule has 3 atom stereocenters. The number of hydrogen-bond donors (Lipinski definition) is 1. The van der Waals surface area contributed by atoms with Crippen molar-refractivity contribution in [3.05, 3.63) is 40.3 Å². The summed E-state index contributed by atoms with van der Waals surface area (Å²) in [6.45, 7) is 4.19. The van der Waals surface area contributed by atoms with Crippen LogP contribution in [0.2, 0.25) is 0 Å². The van der Waals surface area contributed by atoms with Gasteiger partial charge in [-0.2, -0.15) is 0 Å². The van der Waals surface area contributed by atoms with Crippen LogP contribution in [0.25, 0.3) is 11.0 Å². The van der Waals surface area contributed by atoms with Crippen molar-refractivity contribution in [3.63, 3.8) is 0 Å². The van der Waals surface area contributed by atoms with Gasteiger partial charge in [0.2, 0.25) is 5.69 Å². The maximum Gasteiger partial charge on any atom is 0.360 e. The smallest absolute Gasteiger partial charge is 0.360 e. The third-order valence-corrected chi connectivity index (χ3v) is 5.24. The van der Waals surface area contributed by atoms with E-state index in [1.54, 1.807) is 16.7 Å². The molecule has 1 aliphatic heterocycles. The summed E-state index contributed by atoms with van der Waals surface area (Å²) >= 11 is 0. The predicted octanol–water partition coefficient (Wildman–Crippen LogP) is 2.53. The fraction of sp³-hybridized carbons (Fsp3) is 0.500. The number of fused-ring (bicyclic) bond motifs is 1. The summed E-state index contributed by atoms with van der Waals surface area (Å²) in [5.74, 6) is -1.28. The van der Waals surface area contributed by atoms with Gasteiger partial charge in [0.1, 0.15) is 0 Å². The van der Waals surface area contributed by atoms with E-state index in [9.17, 15) is 14.7 Å². The minimum atomic E-state index is -1.28. The standard InChI is InChI=1S/C18H23N3O3/c1-11-8-9-13(20(11)3)10-12(2)21-15-7-5-4-6-14(15)19-16(17(21)22)18(23)24/h4-7,11-13H,8-10H2,1-3H3,(H,23,24)/t11-,12?,13?/m0/s1. The van der Waals surface area contributed by atoms with Crippen LogP contribution in [-0.2, 0) is 0 Å². The molecular formula is C18H23N3O3. The maximum atomic E-state index is 12.7. The lowest BCUT2D eigenvalue weighted by Crippen LogP contribution is -2.35. The lowest BCUT2D eigenvalue weighted by Gasteiger charge is -2.27. The van der Waals surface area contributed by atoms with Crippen LogP contribution in [0.15, 0.2) is 29.1 Å². The largest absolute Gasteiger partial charge is 0.476 e. The number of benzene rings is 1. The van der Waals surface area contributed by atoms with Crippen LogP contribution in [0, 0.1) is 0 Å². The number of carboxylic acid groups (broad SMARTS) is 1. The summed E-state index contributed by atoms with van der Waals surface area (Å²) in [6.07, 6.45) is 3.07. The van der Waals surface area contributed by atoms with Crippen molar-refractivity contribution >= 4 is 17.0 Å². The summed E-state index contributed by atoms with van der Waals surface area (Å²) in [4.78, 5) is 30.5. The molecule has 1 fully saturated rings. The number of para-hydroxylation sites is 2. The Hall–Kier alpha value is -2.21. The molecule has 0 bridgehead atoms. The van der Waals surface area contributed by atoms with Crippen molar-refractivity contribution in [3.8, 4) is 0 Å². The molecule has 0 radical (unpaired) electrons. The Bertz CT molecular complexity index is 830. The van der Waals surface area contributed by atoms with Crippen LogP contribution in [0.3, 0.4) is 0 Å². The monoisotopic (exact) mass is 329 g/mol. The van der Waals surface area contributed by atoms with Crippen LogP contribution in [0.4, 0.5) is 0 Å². The van der Waals surface area contributed by atoms with Crippen LogP contribution in [0.5, 0.6) is 0 Å². The highest BCUT2D eigenvalue weighted by Gasteiger charge is 2.29. The summed E-state index contributed by atoms with van der Waals surface area (Å²) in [5, 5.41) is 9.31. The molecule has 2 aromatic rings. The van der Waals surface area contributed by atoms with E-state index in [4.69, 9.17) is 0 Å². The summed E-state index contributed by atoms with van der Waals surface area (Å²) in [6, 6.07) is 8.07. The van der Waals surface area contributed by atoms with Crippen molar-refractivity contribution < 1.29 is 9.90 Å². The van der Waals surface area contributed by atoms with Crippen molar-refractivity contribution in [2.75, 3.05) is 7.05 Å². The fourth-order valence-corrected chi connectivity index (χ4v) is 3.72. The second kappa shape index (κ2) is 6.36. The highest BCUT2D eigenvalue weighted by Crippen LogP contribution is 2.29. The third-order valence-electron chi connectivity index (χ3n) is 5.24. The first-order valence-electron chi connectivity index (χ1n) is 8.36. The Labute approximate surface area is 140 Å². The van der Waals surface area contributed by atoms with Crippen molar-refractivity contribution in [1.82, 2.24) is 14.5 Å². The number of carboxylic acids is 1. The van der Waals surface area contributed by atoms with E-state index in [1.807, 2.05) is 19.1 Å². The molecule has 1 aromatic carbocycles. The number of aromatic carboxylic acids is 1. The topological polar surface area (TPSA) is 75.4 Å². The van der Waals surface area contributed by atoms with Crippen molar-refractivity contribution in [2.45, 2.75) is 51.2 Å². The van der Waals surface area contributed by atoms with E-state index in [0.29, 0.717) is 23.1 Å². The molecule has 3 rings (SSSR count). The van der Waals surface area contributed by atoms with Gasteiger partial charge in [-0.25, -0.2) is 9.78 Å². The van der Waals surface area contributed by atoms with Gasteiger partial charge < -0.3 is 14.6 Å². The Morgan fingerprint density at radius 2 is 2.08 bits per heavy atom.